The van der Waals surface area contributed by atoms with Gasteiger partial charge in [0, 0.05) is 12.5 Å². The fraction of sp³-hybridized carbons (Fsp3) is 0.857. The highest BCUT2D eigenvalue weighted by molar-refractivity contribution is 5.68. The molecule has 112 valence electrons. The average Bonchev–Trinajstić information content (AvgIpc) is 2.21. The molecule has 0 aromatic heterocycles. The highest BCUT2D eigenvalue weighted by Crippen LogP contribution is 2.11. The number of carbonyl (C=O) groups excluding carboxylic acids is 1. The molecule has 5 heteroatoms. The molecule has 0 aliphatic heterocycles. The molecular formula is C14H27NO4. The molecule has 0 radical (unpaired) electrons. The Morgan fingerprint density at radius 3 is 2.32 bits per heavy atom. The summed E-state index contributed by atoms with van der Waals surface area (Å²) in [5.74, 6) is -0.771. The first-order chi connectivity index (χ1) is 8.74. The molecule has 0 heterocycles. The van der Waals surface area contributed by atoms with Crippen molar-refractivity contribution in [1.29, 1.82) is 0 Å². The average molecular weight is 273 g/mol. The van der Waals surface area contributed by atoms with Gasteiger partial charge >= 0.3 is 12.1 Å². The van der Waals surface area contributed by atoms with Crippen molar-refractivity contribution in [3.63, 3.8) is 0 Å². The smallest absolute Gasteiger partial charge is 0.407 e. The molecule has 1 atom stereocenters. The second kappa shape index (κ2) is 8.77. The number of hydrogen-bond donors (Lipinski definition) is 2. The summed E-state index contributed by atoms with van der Waals surface area (Å²) < 4.78 is 5.21. The van der Waals surface area contributed by atoms with Crippen LogP contribution in [0.5, 0.6) is 0 Å². The largest absolute Gasteiger partial charge is 0.481 e. The molecular weight excluding hydrogens is 246 g/mol. The van der Waals surface area contributed by atoms with Crippen LogP contribution in [0.15, 0.2) is 0 Å². The van der Waals surface area contributed by atoms with Crippen molar-refractivity contribution in [1.82, 2.24) is 5.32 Å². The minimum Gasteiger partial charge on any atom is -0.481 e. The van der Waals surface area contributed by atoms with Gasteiger partial charge in [0.1, 0.15) is 5.60 Å². The third-order valence-corrected chi connectivity index (χ3v) is 2.55. The fourth-order valence-corrected chi connectivity index (χ4v) is 1.78. The normalized spacial score (nSPS) is 12.8. The highest BCUT2D eigenvalue weighted by Gasteiger charge is 2.18. The van der Waals surface area contributed by atoms with E-state index in [0.717, 1.165) is 25.7 Å². The van der Waals surface area contributed by atoms with Crippen molar-refractivity contribution in [2.75, 3.05) is 0 Å². The summed E-state index contributed by atoms with van der Waals surface area (Å²) in [6.07, 6.45) is 3.87. The summed E-state index contributed by atoms with van der Waals surface area (Å²) in [5, 5.41) is 11.4. The second-order valence-corrected chi connectivity index (χ2v) is 5.77. The summed E-state index contributed by atoms with van der Waals surface area (Å²) in [6.45, 7) is 7.54. The number of nitrogens with one attached hydrogen (secondary N) is 1. The molecule has 0 saturated heterocycles. The van der Waals surface area contributed by atoms with Crippen LogP contribution >= 0.6 is 0 Å². The van der Waals surface area contributed by atoms with Gasteiger partial charge in [-0.15, -0.1) is 0 Å². The number of carboxylic acid groups (broad SMARTS) is 1. The van der Waals surface area contributed by atoms with Crippen LogP contribution < -0.4 is 5.32 Å². The first-order valence-electron chi connectivity index (χ1n) is 6.96. The van der Waals surface area contributed by atoms with E-state index in [1.807, 2.05) is 20.8 Å². The number of carboxylic acids is 1. The molecule has 0 bridgehead atoms. The number of rotatable bonds is 8. The lowest BCUT2D eigenvalue weighted by molar-refractivity contribution is -0.137. The van der Waals surface area contributed by atoms with Gasteiger partial charge in [0.25, 0.3) is 0 Å². The molecule has 0 saturated carbocycles. The summed E-state index contributed by atoms with van der Waals surface area (Å²) in [4.78, 5) is 22.1. The van der Waals surface area contributed by atoms with Crippen LogP contribution in [0.1, 0.15) is 66.2 Å². The Kier molecular flexibility index (Phi) is 8.19. The number of ether oxygens (including phenoxy) is 1. The van der Waals surface area contributed by atoms with Crippen LogP contribution in [0.2, 0.25) is 0 Å². The van der Waals surface area contributed by atoms with Crippen LogP contribution in [0.25, 0.3) is 0 Å². The number of hydrogen-bond acceptors (Lipinski definition) is 3. The van der Waals surface area contributed by atoms with Gasteiger partial charge in [0.05, 0.1) is 0 Å². The van der Waals surface area contributed by atoms with Crippen molar-refractivity contribution in [2.45, 2.75) is 77.9 Å². The Bertz CT molecular complexity index is 284. The van der Waals surface area contributed by atoms with Crippen molar-refractivity contribution >= 4 is 12.1 Å². The van der Waals surface area contributed by atoms with Gasteiger partial charge in [-0.05, 0) is 40.0 Å². The van der Waals surface area contributed by atoms with Crippen molar-refractivity contribution in [2.24, 2.45) is 0 Å². The summed E-state index contributed by atoms with van der Waals surface area (Å²) in [7, 11) is 0. The molecule has 2 N–H and O–H groups in total. The Morgan fingerprint density at radius 1 is 1.21 bits per heavy atom. The zero-order valence-corrected chi connectivity index (χ0v) is 12.5. The van der Waals surface area contributed by atoms with Gasteiger partial charge < -0.3 is 15.2 Å². The van der Waals surface area contributed by atoms with Crippen molar-refractivity contribution in [3.8, 4) is 0 Å². The van der Waals surface area contributed by atoms with Crippen molar-refractivity contribution in [3.05, 3.63) is 0 Å². The van der Waals surface area contributed by atoms with E-state index in [-0.39, 0.29) is 12.5 Å². The van der Waals surface area contributed by atoms with Gasteiger partial charge in [0.2, 0.25) is 0 Å². The van der Waals surface area contributed by atoms with E-state index >= 15 is 0 Å². The topological polar surface area (TPSA) is 75.6 Å². The predicted octanol–water partition coefficient (Wildman–Crippen LogP) is 3.32. The third kappa shape index (κ3) is 11.6. The predicted molar refractivity (Wildman–Crippen MR) is 74.2 cm³/mol. The van der Waals surface area contributed by atoms with Crippen LogP contribution in [0.3, 0.4) is 0 Å². The Labute approximate surface area is 115 Å². The van der Waals surface area contributed by atoms with E-state index in [4.69, 9.17) is 9.84 Å². The SMILES string of the molecule is CCCC(CCCCC(=O)O)NC(=O)OC(C)(C)C. The highest BCUT2D eigenvalue weighted by atomic mass is 16.6. The molecule has 0 aromatic carbocycles. The van der Waals surface area contributed by atoms with E-state index in [0.29, 0.717) is 6.42 Å². The molecule has 1 unspecified atom stereocenters. The lowest BCUT2D eigenvalue weighted by atomic mass is 10.0. The molecule has 0 rings (SSSR count). The van der Waals surface area contributed by atoms with Crippen molar-refractivity contribution < 1.29 is 19.4 Å². The summed E-state index contributed by atoms with van der Waals surface area (Å²) in [6, 6.07) is 0.0636. The Balaban J connectivity index is 4.03. The lowest BCUT2D eigenvalue weighted by Crippen LogP contribution is -2.39. The quantitative estimate of drug-likeness (QED) is 0.665. The molecule has 19 heavy (non-hydrogen) atoms. The summed E-state index contributed by atoms with van der Waals surface area (Å²) in [5.41, 5.74) is -0.496. The number of carbonyl (C=O) groups is 2. The van der Waals surface area contributed by atoms with Gasteiger partial charge in [-0.1, -0.05) is 19.8 Å². The number of amides is 1. The van der Waals surface area contributed by atoms with E-state index in [1.54, 1.807) is 0 Å². The maximum atomic E-state index is 11.7. The van der Waals surface area contributed by atoms with Gasteiger partial charge in [-0.3, -0.25) is 4.79 Å². The molecule has 0 aliphatic rings. The number of unbranched alkanes of at least 4 members (excludes halogenated alkanes) is 1. The molecule has 0 aromatic rings. The molecule has 0 aliphatic carbocycles. The lowest BCUT2D eigenvalue weighted by Gasteiger charge is -2.23. The standard InChI is InChI=1S/C14H27NO4/c1-5-8-11(9-6-7-10-12(16)17)15-13(18)19-14(2,3)4/h11H,5-10H2,1-4H3,(H,15,18)(H,16,17). The van der Waals surface area contributed by atoms with E-state index in [2.05, 4.69) is 12.2 Å². The number of aliphatic carboxylic acids is 1. The zero-order valence-electron chi connectivity index (χ0n) is 12.5. The third-order valence-electron chi connectivity index (χ3n) is 2.55. The first kappa shape index (κ1) is 17.7. The summed E-state index contributed by atoms with van der Waals surface area (Å²) >= 11 is 0. The van der Waals surface area contributed by atoms with E-state index in [1.165, 1.54) is 0 Å². The zero-order chi connectivity index (χ0) is 14.9. The van der Waals surface area contributed by atoms with E-state index < -0.39 is 17.7 Å². The van der Waals surface area contributed by atoms with Crippen LogP contribution in [0.4, 0.5) is 4.79 Å². The maximum absolute atomic E-state index is 11.7. The Hall–Kier alpha value is -1.26. The maximum Gasteiger partial charge on any atom is 0.407 e. The van der Waals surface area contributed by atoms with Crippen LogP contribution in [-0.2, 0) is 9.53 Å². The fourth-order valence-electron chi connectivity index (χ4n) is 1.78. The minimum absolute atomic E-state index is 0.0636. The van der Waals surface area contributed by atoms with Gasteiger partial charge in [0.15, 0.2) is 0 Å². The molecule has 5 nitrogen and oxygen atoms in total. The minimum atomic E-state index is -0.771. The second-order valence-electron chi connectivity index (χ2n) is 5.77. The first-order valence-corrected chi connectivity index (χ1v) is 6.96. The van der Waals surface area contributed by atoms with Gasteiger partial charge in [-0.25, -0.2) is 4.79 Å². The van der Waals surface area contributed by atoms with Crippen LogP contribution in [-0.4, -0.2) is 28.8 Å². The monoisotopic (exact) mass is 273 g/mol. The Morgan fingerprint density at radius 2 is 1.84 bits per heavy atom. The van der Waals surface area contributed by atoms with E-state index in [9.17, 15) is 9.59 Å². The molecule has 0 spiro atoms. The number of alkyl carbamates (subject to hydrolysis) is 1. The van der Waals surface area contributed by atoms with Crippen LogP contribution in [0, 0.1) is 0 Å². The van der Waals surface area contributed by atoms with Gasteiger partial charge in [-0.2, -0.15) is 0 Å². The molecule has 0 fully saturated rings. The molecule has 1 amide bonds.